The van der Waals surface area contributed by atoms with Gasteiger partial charge in [0.15, 0.2) is 23.0 Å². The second-order valence-electron chi connectivity index (χ2n) is 5.19. The minimum atomic E-state index is 0.423. The van der Waals surface area contributed by atoms with E-state index in [2.05, 4.69) is 13.2 Å². The van der Waals surface area contributed by atoms with Crippen molar-refractivity contribution in [3.63, 3.8) is 0 Å². The van der Waals surface area contributed by atoms with Gasteiger partial charge in [-0.3, -0.25) is 0 Å². The maximum Gasteiger partial charge on any atom is 0.161 e. The van der Waals surface area contributed by atoms with E-state index >= 15 is 0 Å². The molecule has 0 unspecified atom stereocenters. The lowest BCUT2D eigenvalue weighted by Gasteiger charge is -2.11. The highest BCUT2D eigenvalue weighted by molar-refractivity contribution is 5.40. The van der Waals surface area contributed by atoms with Crippen molar-refractivity contribution in [3.05, 3.63) is 86.0 Å². The Labute approximate surface area is 155 Å². The van der Waals surface area contributed by atoms with Gasteiger partial charge in [-0.2, -0.15) is 0 Å². The molecule has 2 rings (SSSR count). The third-order valence-corrected chi connectivity index (χ3v) is 3.25. The van der Waals surface area contributed by atoms with Gasteiger partial charge in [0.2, 0.25) is 0 Å². The van der Waals surface area contributed by atoms with E-state index in [1.165, 1.54) is 0 Å². The van der Waals surface area contributed by atoms with Gasteiger partial charge in [-0.25, -0.2) is 0 Å². The van der Waals surface area contributed by atoms with Gasteiger partial charge in [0, 0.05) is 0 Å². The van der Waals surface area contributed by atoms with Crippen molar-refractivity contribution in [1.82, 2.24) is 0 Å². The molecule has 0 saturated carbocycles. The molecule has 4 heteroatoms. The SMILES string of the molecule is C=CCOc1ccccc1OC/C=C/COc1ccccc1OCC=C. The first kappa shape index (κ1) is 19.2. The van der Waals surface area contributed by atoms with Crippen molar-refractivity contribution in [2.45, 2.75) is 0 Å². The summed E-state index contributed by atoms with van der Waals surface area (Å²) in [5, 5.41) is 0. The summed E-state index contributed by atoms with van der Waals surface area (Å²) in [6.07, 6.45) is 7.20. The van der Waals surface area contributed by atoms with Gasteiger partial charge >= 0.3 is 0 Å². The van der Waals surface area contributed by atoms with Crippen molar-refractivity contribution in [2.24, 2.45) is 0 Å². The van der Waals surface area contributed by atoms with Crippen LogP contribution in [0, 0.1) is 0 Å². The van der Waals surface area contributed by atoms with Crippen LogP contribution in [0.5, 0.6) is 23.0 Å². The molecule has 0 aliphatic heterocycles. The van der Waals surface area contributed by atoms with E-state index in [0.717, 1.165) is 0 Å². The molecule has 0 radical (unpaired) electrons. The highest BCUT2D eigenvalue weighted by Gasteiger charge is 2.03. The molecule has 0 saturated heterocycles. The van der Waals surface area contributed by atoms with Crippen molar-refractivity contribution in [1.29, 1.82) is 0 Å². The number of hydrogen-bond donors (Lipinski definition) is 0. The molecule has 0 aliphatic carbocycles. The Hall–Kier alpha value is -3.14. The quantitative estimate of drug-likeness (QED) is 0.513. The Morgan fingerprint density at radius 3 is 1.15 bits per heavy atom. The largest absolute Gasteiger partial charge is 0.486 e. The summed E-state index contributed by atoms with van der Waals surface area (Å²) in [6.45, 7) is 9.02. The fourth-order valence-corrected chi connectivity index (χ4v) is 2.09. The third-order valence-electron chi connectivity index (χ3n) is 3.25. The van der Waals surface area contributed by atoms with Crippen LogP contribution >= 0.6 is 0 Å². The van der Waals surface area contributed by atoms with E-state index in [1.807, 2.05) is 60.7 Å². The predicted octanol–water partition coefficient (Wildman–Crippen LogP) is 4.83. The minimum Gasteiger partial charge on any atom is -0.486 e. The van der Waals surface area contributed by atoms with Gasteiger partial charge in [0.25, 0.3) is 0 Å². The first-order chi connectivity index (χ1) is 12.8. The van der Waals surface area contributed by atoms with Crippen molar-refractivity contribution < 1.29 is 18.9 Å². The number of hydrogen-bond acceptors (Lipinski definition) is 4. The molecule has 4 nitrogen and oxygen atoms in total. The zero-order valence-corrected chi connectivity index (χ0v) is 14.8. The van der Waals surface area contributed by atoms with Gasteiger partial charge < -0.3 is 18.9 Å². The van der Waals surface area contributed by atoms with Crippen LogP contribution in [-0.4, -0.2) is 26.4 Å². The van der Waals surface area contributed by atoms with Crippen molar-refractivity contribution in [3.8, 4) is 23.0 Å². The summed E-state index contributed by atoms with van der Waals surface area (Å²) in [5.74, 6) is 2.79. The third kappa shape index (κ3) is 6.40. The fraction of sp³-hybridized carbons (Fsp3) is 0.182. The second-order valence-corrected chi connectivity index (χ2v) is 5.19. The van der Waals surface area contributed by atoms with Crippen molar-refractivity contribution >= 4 is 0 Å². The fourth-order valence-electron chi connectivity index (χ4n) is 2.09. The first-order valence-corrected chi connectivity index (χ1v) is 8.41. The minimum absolute atomic E-state index is 0.423. The molecule has 0 amide bonds. The van der Waals surface area contributed by atoms with Crippen LogP contribution in [0.4, 0.5) is 0 Å². The normalized spacial score (nSPS) is 10.3. The molecule has 0 fully saturated rings. The van der Waals surface area contributed by atoms with Crippen LogP contribution in [0.1, 0.15) is 0 Å². The van der Waals surface area contributed by atoms with Gasteiger partial charge in [0.1, 0.15) is 26.4 Å². The molecule has 0 bridgehead atoms. The highest BCUT2D eigenvalue weighted by Crippen LogP contribution is 2.27. The number of ether oxygens (including phenoxy) is 4. The van der Waals surface area contributed by atoms with Crippen LogP contribution in [0.15, 0.2) is 86.0 Å². The van der Waals surface area contributed by atoms with Crippen LogP contribution in [0.3, 0.4) is 0 Å². The van der Waals surface area contributed by atoms with Crippen LogP contribution in [-0.2, 0) is 0 Å². The Balaban J connectivity index is 1.79. The smallest absolute Gasteiger partial charge is 0.161 e. The monoisotopic (exact) mass is 352 g/mol. The standard InChI is InChI=1S/C22H24O4/c1-3-15-23-19-11-5-7-13-21(19)25-17-9-10-18-26-22-14-8-6-12-20(22)24-16-4-2/h3-14H,1-2,15-18H2/b10-9+. The Morgan fingerprint density at radius 1 is 0.538 bits per heavy atom. The van der Waals surface area contributed by atoms with Gasteiger partial charge in [-0.1, -0.05) is 49.6 Å². The lowest BCUT2D eigenvalue weighted by atomic mass is 10.3. The first-order valence-electron chi connectivity index (χ1n) is 8.41. The number of benzene rings is 2. The van der Waals surface area contributed by atoms with E-state index in [0.29, 0.717) is 49.4 Å². The molecule has 0 aliphatic rings. The molecule has 136 valence electrons. The molecule has 2 aromatic carbocycles. The van der Waals surface area contributed by atoms with E-state index < -0.39 is 0 Å². The zero-order chi connectivity index (χ0) is 18.5. The average molecular weight is 352 g/mol. The molecule has 0 spiro atoms. The van der Waals surface area contributed by atoms with E-state index in [4.69, 9.17) is 18.9 Å². The lowest BCUT2D eigenvalue weighted by Crippen LogP contribution is -2.01. The van der Waals surface area contributed by atoms with Crippen LogP contribution in [0.2, 0.25) is 0 Å². The van der Waals surface area contributed by atoms with Crippen LogP contribution < -0.4 is 18.9 Å². The average Bonchev–Trinajstić information content (AvgIpc) is 2.69. The molecule has 2 aromatic rings. The summed E-state index contributed by atoms with van der Waals surface area (Å²) in [4.78, 5) is 0. The van der Waals surface area contributed by atoms with Gasteiger partial charge in [-0.05, 0) is 36.4 Å². The molecular formula is C22H24O4. The summed E-state index contributed by atoms with van der Waals surface area (Å²) in [5.41, 5.74) is 0. The summed E-state index contributed by atoms with van der Waals surface area (Å²) >= 11 is 0. The molecule has 26 heavy (non-hydrogen) atoms. The lowest BCUT2D eigenvalue weighted by molar-refractivity contribution is 0.302. The summed E-state index contributed by atoms with van der Waals surface area (Å²) in [7, 11) is 0. The van der Waals surface area contributed by atoms with Gasteiger partial charge in [0.05, 0.1) is 0 Å². The Kier molecular flexibility index (Phi) is 8.43. The predicted molar refractivity (Wildman–Crippen MR) is 104 cm³/mol. The maximum atomic E-state index is 5.73. The molecule has 0 N–H and O–H groups in total. The maximum absolute atomic E-state index is 5.73. The Bertz CT molecular complexity index is 660. The van der Waals surface area contributed by atoms with E-state index in [9.17, 15) is 0 Å². The summed E-state index contributed by atoms with van der Waals surface area (Å²) in [6, 6.07) is 15.1. The zero-order valence-electron chi connectivity index (χ0n) is 14.8. The summed E-state index contributed by atoms with van der Waals surface area (Å²) < 4.78 is 22.6. The Morgan fingerprint density at radius 2 is 0.846 bits per heavy atom. The second kappa shape index (κ2) is 11.4. The van der Waals surface area contributed by atoms with Crippen molar-refractivity contribution in [2.75, 3.05) is 26.4 Å². The van der Waals surface area contributed by atoms with E-state index in [1.54, 1.807) is 12.2 Å². The molecule has 0 atom stereocenters. The molecule has 0 aromatic heterocycles. The topological polar surface area (TPSA) is 36.9 Å². The van der Waals surface area contributed by atoms with Crippen LogP contribution in [0.25, 0.3) is 0 Å². The van der Waals surface area contributed by atoms with Gasteiger partial charge in [-0.15, -0.1) is 0 Å². The molecule has 0 heterocycles. The molecular weight excluding hydrogens is 328 g/mol. The number of para-hydroxylation sites is 4. The highest BCUT2D eigenvalue weighted by atomic mass is 16.5. The number of rotatable bonds is 12. The van der Waals surface area contributed by atoms with E-state index in [-0.39, 0.29) is 0 Å².